The molecular weight excluding hydrogens is 412 g/mol. The highest BCUT2D eigenvalue weighted by molar-refractivity contribution is 7.92. The highest BCUT2D eigenvalue weighted by Gasteiger charge is 2.30. The van der Waals surface area contributed by atoms with Gasteiger partial charge in [-0.2, -0.15) is 0 Å². The number of rotatable bonds is 12. The molecule has 1 N–H and O–H groups in total. The summed E-state index contributed by atoms with van der Waals surface area (Å²) in [6.07, 6.45) is -0.860. The van der Waals surface area contributed by atoms with Crippen LogP contribution >= 0.6 is 0 Å². The van der Waals surface area contributed by atoms with Crippen LogP contribution in [0.4, 0.5) is 5.69 Å². The monoisotopic (exact) mass is 448 g/mol. The molecule has 0 saturated carbocycles. The first-order valence-corrected chi connectivity index (χ1v) is 12.2. The van der Waals surface area contributed by atoms with Crippen LogP contribution in [0.1, 0.15) is 27.7 Å². The molecule has 1 atom stereocenters. The van der Waals surface area contributed by atoms with Crippen LogP contribution in [-0.2, 0) is 10.0 Å². The number of sulfonamides is 1. The van der Waals surface area contributed by atoms with Crippen LogP contribution in [0, 0.1) is 11.8 Å². The number of methoxy groups -OCH3 is 1. The summed E-state index contributed by atoms with van der Waals surface area (Å²) >= 11 is 0. The Bertz CT molecular complexity index is 891. The van der Waals surface area contributed by atoms with E-state index in [-0.39, 0.29) is 11.4 Å². The van der Waals surface area contributed by atoms with E-state index in [4.69, 9.17) is 4.74 Å². The van der Waals surface area contributed by atoms with Gasteiger partial charge in [-0.3, -0.25) is 4.31 Å². The fourth-order valence-electron chi connectivity index (χ4n) is 3.69. The van der Waals surface area contributed by atoms with Crippen LogP contribution in [0.5, 0.6) is 5.75 Å². The first-order valence-electron chi connectivity index (χ1n) is 10.8. The smallest absolute Gasteiger partial charge is 0.264 e. The molecule has 0 heterocycles. The number of nitrogens with zero attached hydrogens (tertiary/aromatic N) is 2. The molecule has 0 aliphatic heterocycles. The zero-order chi connectivity index (χ0) is 23.0. The van der Waals surface area contributed by atoms with Crippen molar-refractivity contribution < 1.29 is 18.3 Å². The van der Waals surface area contributed by atoms with E-state index >= 15 is 0 Å². The second-order valence-electron chi connectivity index (χ2n) is 8.68. The zero-order valence-electron chi connectivity index (χ0n) is 19.2. The van der Waals surface area contributed by atoms with Crippen molar-refractivity contribution in [2.75, 3.05) is 37.6 Å². The fraction of sp³-hybridized carbons (Fsp3) is 0.500. The number of aliphatic hydroxyl groups is 1. The van der Waals surface area contributed by atoms with Crippen molar-refractivity contribution in [3.8, 4) is 5.75 Å². The van der Waals surface area contributed by atoms with Crippen LogP contribution in [0.25, 0.3) is 0 Å². The number of anilines is 1. The first kappa shape index (κ1) is 25.2. The second-order valence-corrected chi connectivity index (χ2v) is 10.5. The molecule has 0 spiro atoms. The molecular formula is C24H36N2O4S. The maximum absolute atomic E-state index is 13.5. The molecule has 0 aliphatic carbocycles. The third-order valence-corrected chi connectivity index (χ3v) is 6.57. The van der Waals surface area contributed by atoms with Gasteiger partial charge in [0.05, 0.1) is 30.3 Å². The Morgan fingerprint density at radius 1 is 0.839 bits per heavy atom. The first-order chi connectivity index (χ1) is 14.6. The summed E-state index contributed by atoms with van der Waals surface area (Å²) in [4.78, 5) is 2.38. The summed E-state index contributed by atoms with van der Waals surface area (Å²) in [5, 5.41) is 11.0. The minimum atomic E-state index is -3.89. The van der Waals surface area contributed by atoms with E-state index in [1.54, 1.807) is 54.6 Å². The van der Waals surface area contributed by atoms with E-state index in [9.17, 15) is 13.5 Å². The van der Waals surface area contributed by atoms with E-state index < -0.39 is 16.1 Å². The Morgan fingerprint density at radius 2 is 1.39 bits per heavy atom. The van der Waals surface area contributed by atoms with Crippen molar-refractivity contribution >= 4 is 15.7 Å². The van der Waals surface area contributed by atoms with Crippen LogP contribution in [0.15, 0.2) is 59.5 Å². The topological polar surface area (TPSA) is 70.1 Å². The largest absolute Gasteiger partial charge is 0.495 e. The van der Waals surface area contributed by atoms with E-state index in [0.29, 0.717) is 29.8 Å². The minimum Gasteiger partial charge on any atom is -0.495 e. The predicted molar refractivity (Wildman–Crippen MR) is 126 cm³/mol. The number of benzene rings is 2. The molecule has 2 aromatic carbocycles. The van der Waals surface area contributed by atoms with Crippen molar-refractivity contribution in [3.63, 3.8) is 0 Å². The van der Waals surface area contributed by atoms with Crippen molar-refractivity contribution in [1.29, 1.82) is 0 Å². The average Bonchev–Trinajstić information content (AvgIpc) is 2.71. The van der Waals surface area contributed by atoms with Crippen molar-refractivity contribution in [1.82, 2.24) is 4.90 Å². The van der Waals surface area contributed by atoms with Gasteiger partial charge in [0.25, 0.3) is 10.0 Å². The number of ether oxygens (including phenoxy) is 1. The van der Waals surface area contributed by atoms with E-state index in [0.717, 1.165) is 13.1 Å². The number of hydrogen-bond acceptors (Lipinski definition) is 5. The SMILES string of the molecule is COc1ccccc1N(CC(O)CN(CC(C)C)CC(C)C)S(=O)(=O)c1ccccc1. The third-order valence-electron chi connectivity index (χ3n) is 4.78. The van der Waals surface area contributed by atoms with Gasteiger partial charge in [-0.25, -0.2) is 8.42 Å². The van der Waals surface area contributed by atoms with Gasteiger partial charge in [-0.05, 0) is 36.1 Å². The fourth-order valence-corrected chi connectivity index (χ4v) is 5.22. The van der Waals surface area contributed by atoms with Gasteiger partial charge in [0.2, 0.25) is 0 Å². The maximum atomic E-state index is 13.5. The lowest BCUT2D eigenvalue weighted by Crippen LogP contribution is -2.44. The third kappa shape index (κ3) is 7.23. The Kier molecular flexibility index (Phi) is 9.34. The lowest BCUT2D eigenvalue weighted by Gasteiger charge is -2.32. The molecule has 0 radical (unpaired) electrons. The predicted octanol–water partition coefficient (Wildman–Crippen LogP) is 3.87. The van der Waals surface area contributed by atoms with Crippen LogP contribution in [0.3, 0.4) is 0 Å². The van der Waals surface area contributed by atoms with E-state index in [2.05, 4.69) is 32.6 Å². The minimum absolute atomic E-state index is 0.0652. The molecule has 2 rings (SSSR count). The zero-order valence-corrected chi connectivity index (χ0v) is 20.0. The van der Waals surface area contributed by atoms with Crippen LogP contribution < -0.4 is 9.04 Å². The normalized spacial score (nSPS) is 13.1. The molecule has 2 aromatic rings. The van der Waals surface area contributed by atoms with E-state index in [1.165, 1.54) is 11.4 Å². The molecule has 6 nitrogen and oxygen atoms in total. The summed E-state index contributed by atoms with van der Waals surface area (Å²) < 4.78 is 33.7. The van der Waals surface area contributed by atoms with Gasteiger partial charge in [-0.1, -0.05) is 58.0 Å². The molecule has 0 bridgehead atoms. The average molecular weight is 449 g/mol. The molecule has 0 aromatic heterocycles. The highest BCUT2D eigenvalue weighted by atomic mass is 32.2. The standard InChI is InChI=1S/C24H36N2O4S/c1-19(2)15-25(16-20(3)4)17-21(27)18-26(23-13-9-10-14-24(23)30-5)31(28,29)22-11-7-6-8-12-22/h6-14,19-21,27H,15-18H2,1-5H3. The van der Waals surface area contributed by atoms with E-state index in [1.807, 2.05) is 0 Å². The second kappa shape index (κ2) is 11.5. The Hall–Kier alpha value is -2.09. The molecule has 172 valence electrons. The molecule has 7 heteroatoms. The summed E-state index contributed by atoms with van der Waals surface area (Å²) in [5.41, 5.74) is 0.409. The van der Waals surface area contributed by atoms with Crippen molar-refractivity contribution in [2.45, 2.75) is 38.7 Å². The lowest BCUT2D eigenvalue weighted by atomic mass is 10.1. The maximum Gasteiger partial charge on any atom is 0.264 e. The van der Waals surface area contributed by atoms with Gasteiger partial charge in [0.15, 0.2) is 0 Å². The number of aliphatic hydroxyl groups excluding tert-OH is 1. The van der Waals surface area contributed by atoms with Gasteiger partial charge in [0, 0.05) is 19.6 Å². The van der Waals surface area contributed by atoms with Crippen LogP contribution in [-0.4, -0.2) is 57.8 Å². The van der Waals surface area contributed by atoms with Crippen molar-refractivity contribution in [3.05, 3.63) is 54.6 Å². The molecule has 0 fully saturated rings. The quantitative estimate of drug-likeness (QED) is 0.534. The number of para-hydroxylation sites is 2. The van der Waals surface area contributed by atoms with Gasteiger partial charge in [-0.15, -0.1) is 0 Å². The van der Waals surface area contributed by atoms with Gasteiger partial charge >= 0.3 is 0 Å². The number of hydrogen-bond donors (Lipinski definition) is 1. The summed E-state index contributed by atoms with van der Waals surface area (Å²) in [6, 6.07) is 15.3. The molecule has 1 unspecified atom stereocenters. The summed E-state index contributed by atoms with van der Waals surface area (Å²) in [5.74, 6) is 1.34. The molecule has 0 saturated heterocycles. The Morgan fingerprint density at radius 3 is 1.94 bits per heavy atom. The highest BCUT2D eigenvalue weighted by Crippen LogP contribution is 2.32. The molecule has 0 amide bonds. The van der Waals surface area contributed by atoms with Gasteiger partial charge < -0.3 is 14.7 Å². The van der Waals surface area contributed by atoms with Crippen LogP contribution in [0.2, 0.25) is 0 Å². The van der Waals surface area contributed by atoms with Crippen molar-refractivity contribution in [2.24, 2.45) is 11.8 Å². The Balaban J connectivity index is 2.37. The lowest BCUT2D eigenvalue weighted by molar-refractivity contribution is 0.104. The summed E-state index contributed by atoms with van der Waals surface area (Å²) in [7, 11) is -2.38. The molecule has 31 heavy (non-hydrogen) atoms. The molecule has 0 aliphatic rings. The van der Waals surface area contributed by atoms with Gasteiger partial charge in [0.1, 0.15) is 5.75 Å². The summed E-state index contributed by atoms with van der Waals surface area (Å²) in [6.45, 7) is 10.6. The Labute approximate surface area is 187 Å².